The van der Waals surface area contributed by atoms with Gasteiger partial charge < -0.3 is 10.6 Å². The first-order chi connectivity index (χ1) is 9.41. The van der Waals surface area contributed by atoms with Crippen LogP contribution in [0.1, 0.15) is 34.3 Å². The van der Waals surface area contributed by atoms with Crippen molar-refractivity contribution in [2.24, 2.45) is 5.41 Å². The van der Waals surface area contributed by atoms with Gasteiger partial charge in [-0.2, -0.15) is 0 Å². The lowest BCUT2D eigenvalue weighted by Gasteiger charge is -2.34. The average Bonchev–Trinajstić information content (AvgIpc) is 2.79. The van der Waals surface area contributed by atoms with E-state index < -0.39 is 4.92 Å². The maximum Gasteiger partial charge on any atom is 0.283 e. The van der Waals surface area contributed by atoms with Gasteiger partial charge in [-0.1, -0.05) is 6.92 Å². The molecule has 0 radical (unpaired) electrons. The zero-order chi connectivity index (χ0) is 14.8. The number of piperidine rings is 1. The highest BCUT2D eigenvalue weighted by Crippen LogP contribution is 2.29. The average molecular weight is 334 g/mol. The molecule has 1 aromatic heterocycles. The molecule has 0 aromatic carbocycles. The maximum absolute atomic E-state index is 12.1. The zero-order valence-electron chi connectivity index (χ0n) is 12.1. The van der Waals surface area contributed by atoms with Crippen molar-refractivity contribution in [2.45, 2.75) is 26.7 Å². The smallest absolute Gasteiger partial charge is 0.283 e. The minimum atomic E-state index is -0.448. The minimum Gasteiger partial charge on any atom is -0.351 e. The molecule has 0 atom stereocenters. The van der Waals surface area contributed by atoms with Crippen molar-refractivity contribution >= 4 is 35.3 Å². The summed E-state index contributed by atoms with van der Waals surface area (Å²) in [5.41, 5.74) is 0.132. The number of hydrogen-bond donors (Lipinski definition) is 2. The molecule has 1 aliphatic rings. The number of carbonyl (C=O) groups is 1. The summed E-state index contributed by atoms with van der Waals surface area (Å²) in [7, 11) is 0. The summed E-state index contributed by atoms with van der Waals surface area (Å²) in [4.78, 5) is 23.4. The molecule has 0 bridgehead atoms. The van der Waals surface area contributed by atoms with Gasteiger partial charge in [0.25, 0.3) is 11.6 Å². The highest BCUT2D eigenvalue weighted by Gasteiger charge is 2.28. The largest absolute Gasteiger partial charge is 0.351 e. The number of hydrogen-bond acceptors (Lipinski definition) is 5. The van der Waals surface area contributed by atoms with Crippen molar-refractivity contribution in [1.29, 1.82) is 0 Å². The van der Waals surface area contributed by atoms with Gasteiger partial charge in [0.1, 0.15) is 0 Å². The van der Waals surface area contributed by atoms with E-state index in [0.29, 0.717) is 16.3 Å². The molecule has 1 fully saturated rings. The highest BCUT2D eigenvalue weighted by molar-refractivity contribution is 7.14. The summed E-state index contributed by atoms with van der Waals surface area (Å²) >= 11 is 1.17. The number of halogens is 1. The van der Waals surface area contributed by atoms with Crippen LogP contribution in [-0.4, -0.2) is 30.5 Å². The van der Waals surface area contributed by atoms with E-state index >= 15 is 0 Å². The summed E-state index contributed by atoms with van der Waals surface area (Å²) in [6.45, 7) is 6.37. The number of rotatable bonds is 4. The predicted molar refractivity (Wildman–Crippen MR) is 85.5 cm³/mol. The van der Waals surface area contributed by atoms with E-state index in [4.69, 9.17) is 0 Å². The molecule has 0 saturated carbocycles. The van der Waals surface area contributed by atoms with Crippen molar-refractivity contribution in [3.05, 3.63) is 25.9 Å². The lowest BCUT2D eigenvalue weighted by molar-refractivity contribution is -0.385. The van der Waals surface area contributed by atoms with Crippen LogP contribution in [0.5, 0.6) is 0 Å². The summed E-state index contributed by atoms with van der Waals surface area (Å²) in [6, 6.07) is 1.36. The molecule has 21 heavy (non-hydrogen) atoms. The molecule has 8 heteroatoms. The highest BCUT2D eigenvalue weighted by atomic mass is 35.5. The zero-order valence-corrected chi connectivity index (χ0v) is 13.7. The fourth-order valence-electron chi connectivity index (χ4n) is 2.35. The van der Waals surface area contributed by atoms with Crippen LogP contribution in [0, 0.1) is 22.5 Å². The number of thiophene rings is 1. The third-order valence-corrected chi connectivity index (χ3v) is 4.84. The lowest BCUT2D eigenvalue weighted by atomic mass is 9.81. The molecule has 1 aliphatic heterocycles. The second-order valence-corrected chi connectivity index (χ2v) is 6.81. The van der Waals surface area contributed by atoms with Crippen molar-refractivity contribution in [1.82, 2.24) is 10.6 Å². The van der Waals surface area contributed by atoms with E-state index in [-0.39, 0.29) is 29.4 Å². The number of nitrogens with one attached hydrogen (secondary N) is 2. The van der Waals surface area contributed by atoms with Crippen molar-refractivity contribution in [2.75, 3.05) is 19.6 Å². The summed E-state index contributed by atoms with van der Waals surface area (Å²) < 4.78 is 0. The number of nitro groups is 1. The molecular weight excluding hydrogens is 314 g/mol. The van der Waals surface area contributed by atoms with Gasteiger partial charge in [-0.15, -0.1) is 23.7 Å². The monoisotopic (exact) mass is 333 g/mol. The normalized spacial score (nSPS) is 16.9. The van der Waals surface area contributed by atoms with Crippen LogP contribution < -0.4 is 10.6 Å². The first-order valence-corrected chi connectivity index (χ1v) is 7.47. The Morgan fingerprint density at radius 3 is 2.67 bits per heavy atom. The second-order valence-electron chi connectivity index (χ2n) is 5.55. The van der Waals surface area contributed by atoms with Crippen LogP contribution in [0.15, 0.2) is 6.07 Å². The topological polar surface area (TPSA) is 84.3 Å². The van der Waals surface area contributed by atoms with Crippen LogP contribution >= 0.6 is 23.7 Å². The van der Waals surface area contributed by atoms with Crippen LogP contribution in [0.25, 0.3) is 0 Å². The maximum atomic E-state index is 12.1. The van der Waals surface area contributed by atoms with Crippen LogP contribution in [0.3, 0.4) is 0 Å². The summed E-state index contributed by atoms with van der Waals surface area (Å²) in [6.07, 6.45) is 2.05. The van der Waals surface area contributed by atoms with E-state index in [9.17, 15) is 14.9 Å². The molecular formula is C13H20ClN3O3S. The van der Waals surface area contributed by atoms with Crippen molar-refractivity contribution in [3.63, 3.8) is 0 Å². The molecule has 2 rings (SSSR count). The number of carbonyl (C=O) groups excluding carboxylic acids is 1. The summed E-state index contributed by atoms with van der Waals surface area (Å²) in [5, 5.41) is 17.0. The Kier molecular flexibility index (Phi) is 6.12. The van der Waals surface area contributed by atoms with E-state index in [1.165, 1.54) is 17.4 Å². The Morgan fingerprint density at radius 1 is 1.52 bits per heavy atom. The molecule has 0 aliphatic carbocycles. The molecule has 1 saturated heterocycles. The molecule has 6 nitrogen and oxygen atoms in total. The SMILES string of the molecule is Cc1sc(C(=O)NCC2(C)CCNCC2)cc1[N+](=O)[O-].Cl. The third kappa shape index (κ3) is 4.39. The van der Waals surface area contributed by atoms with Gasteiger partial charge in [-0.05, 0) is 38.3 Å². The van der Waals surface area contributed by atoms with Gasteiger partial charge in [-0.25, -0.2) is 0 Å². The first-order valence-electron chi connectivity index (χ1n) is 6.65. The molecule has 0 unspecified atom stereocenters. The molecule has 2 heterocycles. The van der Waals surface area contributed by atoms with Gasteiger partial charge in [0.15, 0.2) is 0 Å². The fourth-order valence-corrected chi connectivity index (χ4v) is 3.26. The Balaban J connectivity index is 0.00000220. The van der Waals surface area contributed by atoms with Gasteiger partial charge in [0.2, 0.25) is 0 Å². The van der Waals surface area contributed by atoms with Crippen molar-refractivity contribution < 1.29 is 9.72 Å². The molecule has 1 aromatic rings. The Hall–Kier alpha value is -1.18. The quantitative estimate of drug-likeness (QED) is 0.655. The molecule has 118 valence electrons. The molecule has 2 N–H and O–H groups in total. The lowest BCUT2D eigenvalue weighted by Crippen LogP contribution is -2.42. The van der Waals surface area contributed by atoms with Gasteiger partial charge in [0, 0.05) is 12.6 Å². The standard InChI is InChI=1S/C13H19N3O3S.ClH/c1-9-10(16(18)19)7-11(20-9)12(17)15-8-13(2)3-5-14-6-4-13;/h7,14H,3-6,8H2,1-2H3,(H,15,17);1H. The van der Waals surface area contributed by atoms with Gasteiger partial charge in [-0.3, -0.25) is 14.9 Å². The van der Waals surface area contributed by atoms with Crippen LogP contribution in [0.4, 0.5) is 5.69 Å². The number of aryl methyl sites for hydroxylation is 1. The van der Waals surface area contributed by atoms with Crippen molar-refractivity contribution in [3.8, 4) is 0 Å². The minimum absolute atomic E-state index is 0. The Labute approximate surface area is 133 Å². The van der Waals surface area contributed by atoms with E-state index in [1.54, 1.807) is 6.92 Å². The van der Waals surface area contributed by atoms with E-state index in [0.717, 1.165) is 25.9 Å². The summed E-state index contributed by atoms with van der Waals surface area (Å²) in [5.74, 6) is -0.217. The fraction of sp³-hybridized carbons (Fsp3) is 0.615. The Morgan fingerprint density at radius 2 is 2.14 bits per heavy atom. The van der Waals surface area contributed by atoms with E-state index in [2.05, 4.69) is 17.6 Å². The van der Waals surface area contributed by atoms with Crippen LogP contribution in [0.2, 0.25) is 0 Å². The van der Waals surface area contributed by atoms with Crippen LogP contribution in [-0.2, 0) is 0 Å². The predicted octanol–water partition coefficient (Wildman–Crippen LogP) is 2.51. The number of nitrogens with zero attached hydrogens (tertiary/aromatic N) is 1. The van der Waals surface area contributed by atoms with Gasteiger partial charge in [0.05, 0.1) is 14.7 Å². The first kappa shape index (κ1) is 17.9. The molecule has 1 amide bonds. The van der Waals surface area contributed by atoms with Gasteiger partial charge >= 0.3 is 0 Å². The Bertz CT molecular complexity index is 527. The van der Waals surface area contributed by atoms with E-state index in [1.807, 2.05) is 0 Å². The number of amides is 1. The second kappa shape index (κ2) is 7.20. The third-order valence-electron chi connectivity index (χ3n) is 3.80. The molecule has 0 spiro atoms.